The normalized spacial score (nSPS) is 27.1. The molecule has 0 saturated carbocycles. The van der Waals surface area contributed by atoms with Crippen LogP contribution in [0.3, 0.4) is 0 Å². The van der Waals surface area contributed by atoms with E-state index < -0.39 is 0 Å². The zero-order chi connectivity index (χ0) is 16.1. The van der Waals surface area contributed by atoms with E-state index in [4.69, 9.17) is 9.47 Å². The standard InChI is InChI=1S/C17H23FN2O3/c18-15-3-1-13(2-4-15)16-14(6-8-23-16)10-20-17(21)19-9-12-5-7-22-11-12/h1-4,12,14,16H,5-11H2,(H2,19,20,21)/t12?,14-,16-/m0/s1. The van der Waals surface area contributed by atoms with Crippen LogP contribution in [-0.4, -0.2) is 38.9 Å². The molecular weight excluding hydrogens is 299 g/mol. The number of hydrogen-bond acceptors (Lipinski definition) is 3. The average molecular weight is 322 g/mol. The van der Waals surface area contributed by atoms with Crippen LogP contribution in [0.1, 0.15) is 24.5 Å². The molecule has 2 amide bonds. The van der Waals surface area contributed by atoms with Gasteiger partial charge in [-0.3, -0.25) is 0 Å². The molecule has 23 heavy (non-hydrogen) atoms. The molecule has 0 aliphatic carbocycles. The Hall–Kier alpha value is -1.66. The Morgan fingerprint density at radius 3 is 2.65 bits per heavy atom. The fraction of sp³-hybridized carbons (Fsp3) is 0.588. The van der Waals surface area contributed by atoms with Crippen molar-refractivity contribution in [1.29, 1.82) is 0 Å². The van der Waals surface area contributed by atoms with Crippen LogP contribution in [-0.2, 0) is 9.47 Å². The highest BCUT2D eigenvalue weighted by Crippen LogP contribution is 2.34. The molecule has 2 saturated heterocycles. The van der Waals surface area contributed by atoms with Crippen LogP contribution in [0.4, 0.5) is 9.18 Å². The number of amides is 2. The van der Waals surface area contributed by atoms with Crippen molar-refractivity contribution in [3.05, 3.63) is 35.6 Å². The Labute approximate surface area is 135 Å². The summed E-state index contributed by atoms with van der Waals surface area (Å²) >= 11 is 0. The second kappa shape index (κ2) is 7.75. The highest BCUT2D eigenvalue weighted by molar-refractivity contribution is 5.73. The lowest BCUT2D eigenvalue weighted by molar-refractivity contribution is 0.0909. The fourth-order valence-corrected chi connectivity index (χ4v) is 3.13. The molecule has 2 N–H and O–H groups in total. The van der Waals surface area contributed by atoms with Crippen LogP contribution in [0.15, 0.2) is 24.3 Å². The minimum absolute atomic E-state index is 0.0841. The van der Waals surface area contributed by atoms with E-state index in [0.717, 1.165) is 31.6 Å². The molecule has 3 rings (SSSR count). The lowest BCUT2D eigenvalue weighted by Crippen LogP contribution is -2.40. The third kappa shape index (κ3) is 4.42. The van der Waals surface area contributed by atoms with Gasteiger partial charge in [0.15, 0.2) is 0 Å². The monoisotopic (exact) mass is 322 g/mol. The number of ether oxygens (including phenoxy) is 2. The summed E-state index contributed by atoms with van der Waals surface area (Å²) in [5.41, 5.74) is 0.958. The largest absolute Gasteiger partial charge is 0.381 e. The predicted octanol–water partition coefficient (Wildman–Crippen LogP) is 2.24. The van der Waals surface area contributed by atoms with Gasteiger partial charge in [-0.2, -0.15) is 0 Å². The maximum absolute atomic E-state index is 13.0. The summed E-state index contributed by atoms with van der Waals surface area (Å²) in [5.74, 6) is 0.375. The second-order valence-corrected chi connectivity index (χ2v) is 6.21. The molecule has 126 valence electrons. The highest BCUT2D eigenvalue weighted by atomic mass is 19.1. The Morgan fingerprint density at radius 1 is 1.13 bits per heavy atom. The van der Waals surface area contributed by atoms with Crippen LogP contribution < -0.4 is 10.6 Å². The molecule has 1 aromatic carbocycles. The molecule has 0 aromatic heterocycles. The number of carbonyl (C=O) groups excluding carboxylic acids is 1. The molecule has 0 bridgehead atoms. The molecule has 2 heterocycles. The fourth-order valence-electron chi connectivity index (χ4n) is 3.13. The van der Waals surface area contributed by atoms with Crippen molar-refractivity contribution in [3.8, 4) is 0 Å². The van der Waals surface area contributed by atoms with Crippen molar-refractivity contribution < 1.29 is 18.7 Å². The molecule has 2 aliphatic heterocycles. The van der Waals surface area contributed by atoms with Crippen LogP contribution >= 0.6 is 0 Å². The van der Waals surface area contributed by atoms with Crippen molar-refractivity contribution in [2.24, 2.45) is 11.8 Å². The summed E-state index contributed by atoms with van der Waals surface area (Å²) in [6.07, 6.45) is 1.81. The topological polar surface area (TPSA) is 59.6 Å². The smallest absolute Gasteiger partial charge is 0.314 e. The molecule has 0 radical (unpaired) electrons. The molecule has 1 aromatic rings. The molecule has 3 atom stereocenters. The van der Waals surface area contributed by atoms with Crippen molar-refractivity contribution >= 4 is 6.03 Å². The third-order valence-corrected chi connectivity index (χ3v) is 4.51. The number of nitrogens with one attached hydrogen (secondary N) is 2. The maximum Gasteiger partial charge on any atom is 0.314 e. The minimum Gasteiger partial charge on any atom is -0.381 e. The predicted molar refractivity (Wildman–Crippen MR) is 83.5 cm³/mol. The summed E-state index contributed by atoms with van der Waals surface area (Å²) in [4.78, 5) is 11.9. The second-order valence-electron chi connectivity index (χ2n) is 6.21. The average Bonchev–Trinajstić information content (AvgIpc) is 3.23. The Balaban J connectivity index is 1.44. The van der Waals surface area contributed by atoms with Crippen LogP contribution in [0.5, 0.6) is 0 Å². The Bertz CT molecular complexity index is 517. The van der Waals surface area contributed by atoms with Crippen LogP contribution in [0.2, 0.25) is 0 Å². The summed E-state index contributed by atoms with van der Waals surface area (Å²) in [6, 6.07) is 6.23. The van der Waals surface area contributed by atoms with Crippen LogP contribution in [0, 0.1) is 17.7 Å². The van der Waals surface area contributed by atoms with Crippen molar-refractivity contribution in [1.82, 2.24) is 10.6 Å². The Kier molecular flexibility index (Phi) is 5.46. The van der Waals surface area contributed by atoms with Crippen molar-refractivity contribution in [2.75, 3.05) is 32.9 Å². The van der Waals surface area contributed by atoms with Gasteiger partial charge in [0.25, 0.3) is 0 Å². The number of urea groups is 1. The first kappa shape index (κ1) is 16.2. The summed E-state index contributed by atoms with van der Waals surface area (Å²) in [7, 11) is 0. The van der Waals surface area contributed by atoms with Gasteiger partial charge in [-0.15, -0.1) is 0 Å². The van der Waals surface area contributed by atoms with E-state index in [-0.39, 0.29) is 23.9 Å². The molecule has 1 unspecified atom stereocenters. The third-order valence-electron chi connectivity index (χ3n) is 4.51. The first-order chi connectivity index (χ1) is 11.2. The van der Waals surface area contributed by atoms with Gasteiger partial charge in [-0.1, -0.05) is 12.1 Å². The van der Waals surface area contributed by atoms with E-state index in [1.54, 1.807) is 12.1 Å². The van der Waals surface area contributed by atoms with Gasteiger partial charge in [0.1, 0.15) is 5.82 Å². The van der Waals surface area contributed by atoms with Crippen molar-refractivity contribution in [2.45, 2.75) is 18.9 Å². The quantitative estimate of drug-likeness (QED) is 0.874. The van der Waals surface area contributed by atoms with Gasteiger partial charge in [0.2, 0.25) is 0 Å². The minimum atomic E-state index is -0.253. The van der Waals surface area contributed by atoms with Gasteiger partial charge >= 0.3 is 6.03 Å². The molecule has 2 fully saturated rings. The van der Waals surface area contributed by atoms with Crippen LogP contribution in [0.25, 0.3) is 0 Å². The number of hydrogen-bond donors (Lipinski definition) is 2. The van der Waals surface area contributed by atoms with E-state index in [1.807, 2.05) is 0 Å². The summed E-state index contributed by atoms with van der Waals surface area (Å²) < 4.78 is 24.1. The van der Waals surface area contributed by atoms with E-state index in [0.29, 0.717) is 25.6 Å². The first-order valence-corrected chi connectivity index (χ1v) is 8.19. The molecule has 6 heteroatoms. The molecule has 5 nitrogen and oxygen atoms in total. The summed E-state index contributed by atoms with van der Waals surface area (Å²) in [5, 5.41) is 5.80. The molecule has 0 spiro atoms. The van der Waals surface area contributed by atoms with Gasteiger partial charge in [-0.25, -0.2) is 9.18 Å². The van der Waals surface area contributed by atoms with Gasteiger partial charge in [0.05, 0.1) is 12.7 Å². The highest BCUT2D eigenvalue weighted by Gasteiger charge is 2.30. The lowest BCUT2D eigenvalue weighted by atomic mass is 9.95. The Morgan fingerprint density at radius 2 is 1.91 bits per heavy atom. The van der Waals surface area contributed by atoms with Crippen molar-refractivity contribution in [3.63, 3.8) is 0 Å². The molecule has 2 aliphatic rings. The van der Waals surface area contributed by atoms with E-state index >= 15 is 0 Å². The zero-order valence-corrected chi connectivity index (χ0v) is 13.1. The molecular formula is C17H23FN2O3. The number of benzene rings is 1. The lowest BCUT2D eigenvalue weighted by Gasteiger charge is -2.20. The number of carbonyl (C=O) groups is 1. The zero-order valence-electron chi connectivity index (χ0n) is 13.1. The number of halogens is 1. The summed E-state index contributed by atoms with van der Waals surface area (Å²) in [6.45, 7) is 3.37. The SMILES string of the molecule is O=C(NCC1CCOC1)NC[C@@H]1CCO[C@H]1c1ccc(F)cc1. The van der Waals surface area contributed by atoms with E-state index in [1.165, 1.54) is 12.1 Å². The first-order valence-electron chi connectivity index (χ1n) is 8.19. The van der Waals surface area contributed by atoms with Gasteiger partial charge < -0.3 is 20.1 Å². The van der Waals surface area contributed by atoms with Gasteiger partial charge in [-0.05, 0) is 30.5 Å². The number of rotatable bonds is 5. The van der Waals surface area contributed by atoms with E-state index in [2.05, 4.69) is 10.6 Å². The van der Waals surface area contributed by atoms with E-state index in [9.17, 15) is 9.18 Å². The maximum atomic E-state index is 13.0. The van der Waals surface area contributed by atoms with Gasteiger partial charge in [0, 0.05) is 38.1 Å².